The topological polar surface area (TPSA) is 55.4 Å². The van der Waals surface area contributed by atoms with Crippen LogP contribution in [0.2, 0.25) is 0 Å². The van der Waals surface area contributed by atoms with E-state index in [4.69, 9.17) is 4.74 Å². The van der Waals surface area contributed by atoms with Gasteiger partial charge in [0.2, 0.25) is 10.0 Å². The average molecular weight is 223 g/mol. The number of nitrogens with one attached hydrogen (secondary N) is 1. The summed E-state index contributed by atoms with van der Waals surface area (Å²) in [4.78, 5) is 0. The summed E-state index contributed by atoms with van der Waals surface area (Å²) in [5.74, 6) is 0.196. The molecule has 4 nitrogen and oxygen atoms in total. The minimum absolute atomic E-state index is 0.196. The van der Waals surface area contributed by atoms with E-state index < -0.39 is 10.0 Å². The van der Waals surface area contributed by atoms with Crippen LogP contribution in [0, 0.1) is 0 Å². The van der Waals surface area contributed by atoms with Gasteiger partial charge in [-0.3, -0.25) is 0 Å². The Morgan fingerprint density at radius 1 is 1.14 bits per heavy atom. The van der Waals surface area contributed by atoms with Gasteiger partial charge in [0.25, 0.3) is 0 Å². The molecule has 0 aliphatic carbocycles. The highest BCUT2D eigenvalue weighted by molar-refractivity contribution is 7.89. The van der Waals surface area contributed by atoms with Crippen LogP contribution < -0.4 is 4.72 Å². The van der Waals surface area contributed by atoms with Gasteiger partial charge in [0, 0.05) is 13.2 Å². The van der Waals surface area contributed by atoms with E-state index in [9.17, 15) is 8.42 Å². The molecule has 0 amide bonds. The zero-order chi connectivity index (χ0) is 10.9. The summed E-state index contributed by atoms with van der Waals surface area (Å²) in [5.41, 5.74) is 0. The molecule has 0 radical (unpaired) electrons. The van der Waals surface area contributed by atoms with E-state index in [1.54, 1.807) is 0 Å². The lowest BCUT2D eigenvalue weighted by Gasteiger charge is -2.05. The molecule has 14 heavy (non-hydrogen) atoms. The highest BCUT2D eigenvalue weighted by atomic mass is 32.2. The van der Waals surface area contributed by atoms with Crippen molar-refractivity contribution in [3.05, 3.63) is 0 Å². The van der Waals surface area contributed by atoms with Crippen molar-refractivity contribution in [2.45, 2.75) is 33.1 Å². The fourth-order valence-electron chi connectivity index (χ4n) is 0.959. The Hall–Kier alpha value is -0.130. The molecule has 0 saturated heterocycles. The molecular formula is C9H21NO3S. The van der Waals surface area contributed by atoms with Crippen molar-refractivity contribution in [2.24, 2.45) is 0 Å². The van der Waals surface area contributed by atoms with E-state index in [1.807, 2.05) is 6.92 Å². The van der Waals surface area contributed by atoms with Gasteiger partial charge in [-0.2, -0.15) is 0 Å². The molecule has 0 atom stereocenters. The molecular weight excluding hydrogens is 202 g/mol. The summed E-state index contributed by atoms with van der Waals surface area (Å²) in [6.07, 6.45) is 2.77. The molecule has 0 aromatic rings. The second kappa shape index (κ2) is 8.20. The molecule has 0 heterocycles. The molecule has 86 valence electrons. The highest BCUT2D eigenvalue weighted by Crippen LogP contribution is 1.89. The van der Waals surface area contributed by atoms with Crippen molar-refractivity contribution < 1.29 is 13.2 Å². The first-order valence-corrected chi connectivity index (χ1v) is 6.82. The lowest BCUT2D eigenvalue weighted by molar-refractivity contribution is 0.136. The smallest absolute Gasteiger partial charge is 0.211 e. The quantitative estimate of drug-likeness (QED) is 0.596. The third-order valence-electron chi connectivity index (χ3n) is 1.68. The molecule has 0 fully saturated rings. The van der Waals surface area contributed by atoms with Gasteiger partial charge in [-0.25, -0.2) is 13.1 Å². The average Bonchev–Trinajstić information content (AvgIpc) is 2.11. The Labute approximate surface area is 87.1 Å². The Balaban J connectivity index is 3.35. The van der Waals surface area contributed by atoms with E-state index in [0.29, 0.717) is 26.2 Å². The molecule has 0 unspecified atom stereocenters. The molecule has 0 aliphatic rings. The zero-order valence-electron chi connectivity index (χ0n) is 9.08. The van der Waals surface area contributed by atoms with Gasteiger partial charge in [-0.05, 0) is 12.8 Å². The van der Waals surface area contributed by atoms with Crippen LogP contribution in [-0.2, 0) is 14.8 Å². The van der Waals surface area contributed by atoms with Gasteiger partial charge >= 0.3 is 0 Å². The van der Waals surface area contributed by atoms with E-state index in [2.05, 4.69) is 11.6 Å². The van der Waals surface area contributed by atoms with Gasteiger partial charge in [0.1, 0.15) is 0 Å². The molecule has 0 spiro atoms. The van der Waals surface area contributed by atoms with Crippen molar-refractivity contribution >= 4 is 10.0 Å². The highest BCUT2D eigenvalue weighted by Gasteiger charge is 2.06. The molecule has 5 heteroatoms. The number of rotatable bonds is 9. The Kier molecular flexibility index (Phi) is 8.12. The van der Waals surface area contributed by atoms with Crippen molar-refractivity contribution in [3.63, 3.8) is 0 Å². The van der Waals surface area contributed by atoms with Crippen LogP contribution in [0.25, 0.3) is 0 Å². The van der Waals surface area contributed by atoms with Crippen molar-refractivity contribution in [3.8, 4) is 0 Å². The maximum absolute atomic E-state index is 11.2. The van der Waals surface area contributed by atoms with E-state index >= 15 is 0 Å². The van der Waals surface area contributed by atoms with Crippen LogP contribution in [0.4, 0.5) is 0 Å². The predicted molar refractivity (Wildman–Crippen MR) is 57.8 cm³/mol. The van der Waals surface area contributed by atoms with Crippen molar-refractivity contribution in [1.29, 1.82) is 0 Å². The van der Waals surface area contributed by atoms with Gasteiger partial charge in [0.15, 0.2) is 0 Å². The first-order valence-electron chi connectivity index (χ1n) is 5.17. The molecule has 1 N–H and O–H groups in total. The van der Waals surface area contributed by atoms with Gasteiger partial charge in [-0.1, -0.05) is 20.3 Å². The van der Waals surface area contributed by atoms with Crippen LogP contribution in [0.3, 0.4) is 0 Å². The molecule has 0 aromatic heterocycles. The molecule has 0 rings (SSSR count). The Morgan fingerprint density at radius 3 is 2.43 bits per heavy atom. The minimum Gasteiger partial charge on any atom is -0.380 e. The SMILES string of the molecule is CCCCOCCNS(=O)(=O)CCC. The van der Waals surface area contributed by atoms with Crippen molar-refractivity contribution in [2.75, 3.05) is 25.5 Å². The third-order valence-corrected chi connectivity index (χ3v) is 3.27. The Morgan fingerprint density at radius 2 is 1.86 bits per heavy atom. The third kappa shape index (κ3) is 8.47. The molecule has 0 saturated carbocycles. The van der Waals surface area contributed by atoms with Gasteiger partial charge < -0.3 is 4.74 Å². The Bertz CT molecular complexity index is 214. The first kappa shape index (κ1) is 13.9. The van der Waals surface area contributed by atoms with Crippen LogP contribution in [-0.4, -0.2) is 33.9 Å². The number of unbranched alkanes of at least 4 members (excludes halogenated alkanes) is 1. The largest absolute Gasteiger partial charge is 0.380 e. The van der Waals surface area contributed by atoms with E-state index in [0.717, 1.165) is 12.8 Å². The lowest BCUT2D eigenvalue weighted by Crippen LogP contribution is -2.29. The fourth-order valence-corrected chi connectivity index (χ4v) is 2.03. The maximum Gasteiger partial charge on any atom is 0.211 e. The van der Waals surface area contributed by atoms with Crippen LogP contribution in [0.5, 0.6) is 0 Å². The van der Waals surface area contributed by atoms with Crippen LogP contribution in [0.1, 0.15) is 33.1 Å². The summed E-state index contributed by atoms with van der Waals surface area (Å²) in [7, 11) is -3.05. The van der Waals surface area contributed by atoms with Crippen LogP contribution in [0.15, 0.2) is 0 Å². The summed E-state index contributed by atoms with van der Waals surface area (Å²) < 4.78 is 30.0. The fraction of sp³-hybridized carbons (Fsp3) is 1.00. The molecule has 0 bridgehead atoms. The minimum atomic E-state index is -3.05. The summed E-state index contributed by atoms with van der Waals surface area (Å²) in [6.45, 7) is 5.49. The molecule has 0 aromatic carbocycles. The molecule has 0 aliphatic heterocycles. The summed E-state index contributed by atoms with van der Waals surface area (Å²) >= 11 is 0. The van der Waals surface area contributed by atoms with Gasteiger partial charge in [0.05, 0.1) is 12.4 Å². The van der Waals surface area contributed by atoms with E-state index in [-0.39, 0.29) is 5.75 Å². The van der Waals surface area contributed by atoms with Crippen molar-refractivity contribution in [1.82, 2.24) is 4.72 Å². The van der Waals surface area contributed by atoms with Crippen LogP contribution >= 0.6 is 0 Å². The second-order valence-electron chi connectivity index (χ2n) is 3.18. The first-order chi connectivity index (χ1) is 6.62. The number of hydrogen-bond donors (Lipinski definition) is 1. The monoisotopic (exact) mass is 223 g/mol. The number of hydrogen-bond acceptors (Lipinski definition) is 3. The second-order valence-corrected chi connectivity index (χ2v) is 5.11. The zero-order valence-corrected chi connectivity index (χ0v) is 9.90. The maximum atomic E-state index is 11.2. The lowest BCUT2D eigenvalue weighted by atomic mass is 10.4. The predicted octanol–water partition coefficient (Wildman–Crippen LogP) is 1.13. The van der Waals surface area contributed by atoms with E-state index in [1.165, 1.54) is 0 Å². The standard InChI is InChI=1S/C9H21NO3S/c1-3-5-7-13-8-6-10-14(11,12)9-4-2/h10H,3-9H2,1-2H3. The number of sulfonamides is 1. The number of ether oxygens (including phenoxy) is 1. The summed E-state index contributed by atoms with van der Waals surface area (Å²) in [6, 6.07) is 0. The van der Waals surface area contributed by atoms with Gasteiger partial charge in [-0.15, -0.1) is 0 Å². The summed E-state index contributed by atoms with van der Waals surface area (Å²) in [5, 5.41) is 0. The normalized spacial score (nSPS) is 11.9.